The van der Waals surface area contributed by atoms with Crippen molar-refractivity contribution < 1.29 is 19.1 Å². The SMILES string of the molecule is CCOC(=O)CC[C@@H]1CC2(CCN(C(=O)C(CCCc3ccccc3)NC(=O)C(C)(C)N)CC2)c2ccccc21. The van der Waals surface area contributed by atoms with Crippen molar-refractivity contribution in [2.45, 2.75) is 95.1 Å². The minimum absolute atomic E-state index is 0.0119. The number of esters is 1. The Bertz CT molecular complexity index is 1170. The molecule has 7 heteroatoms. The van der Waals surface area contributed by atoms with Gasteiger partial charge in [0.25, 0.3) is 0 Å². The third-order valence-electron chi connectivity index (χ3n) is 8.63. The van der Waals surface area contributed by atoms with Crippen molar-refractivity contribution in [3.8, 4) is 0 Å². The minimum atomic E-state index is -1.06. The maximum absolute atomic E-state index is 13.8. The van der Waals surface area contributed by atoms with E-state index in [1.165, 1.54) is 16.7 Å². The van der Waals surface area contributed by atoms with Gasteiger partial charge in [-0.2, -0.15) is 0 Å². The molecule has 1 heterocycles. The van der Waals surface area contributed by atoms with Gasteiger partial charge >= 0.3 is 5.97 Å². The van der Waals surface area contributed by atoms with Crippen molar-refractivity contribution in [3.05, 3.63) is 71.3 Å². The maximum atomic E-state index is 13.8. The summed E-state index contributed by atoms with van der Waals surface area (Å²) >= 11 is 0. The van der Waals surface area contributed by atoms with Crippen molar-refractivity contribution >= 4 is 17.8 Å². The molecule has 0 radical (unpaired) electrons. The summed E-state index contributed by atoms with van der Waals surface area (Å²) in [5.41, 5.74) is 8.93. The second-order valence-corrected chi connectivity index (χ2v) is 12.1. The lowest BCUT2D eigenvalue weighted by molar-refractivity contribution is -0.143. The fourth-order valence-electron chi connectivity index (χ4n) is 6.42. The van der Waals surface area contributed by atoms with E-state index in [4.69, 9.17) is 10.5 Å². The molecule has 4 rings (SSSR count). The van der Waals surface area contributed by atoms with Crippen molar-refractivity contribution in [1.29, 1.82) is 0 Å². The summed E-state index contributed by atoms with van der Waals surface area (Å²) in [5, 5.41) is 2.96. The summed E-state index contributed by atoms with van der Waals surface area (Å²) in [4.78, 5) is 40.5. The van der Waals surface area contributed by atoms with Crippen molar-refractivity contribution in [1.82, 2.24) is 10.2 Å². The molecule has 0 aromatic heterocycles. The fourth-order valence-corrected chi connectivity index (χ4v) is 6.42. The summed E-state index contributed by atoms with van der Waals surface area (Å²) in [7, 11) is 0. The van der Waals surface area contributed by atoms with E-state index < -0.39 is 11.6 Å². The van der Waals surface area contributed by atoms with Crippen LogP contribution < -0.4 is 11.1 Å². The summed E-state index contributed by atoms with van der Waals surface area (Å²) in [6.45, 7) is 6.86. The number of nitrogens with two attached hydrogens (primary N) is 1. The van der Waals surface area contributed by atoms with Crippen molar-refractivity contribution in [3.63, 3.8) is 0 Å². The molecule has 1 aliphatic heterocycles. The van der Waals surface area contributed by atoms with E-state index in [2.05, 4.69) is 41.7 Å². The smallest absolute Gasteiger partial charge is 0.305 e. The number of carbonyl (C=O) groups excluding carboxylic acids is 3. The predicted octanol–water partition coefficient (Wildman–Crippen LogP) is 4.62. The third kappa shape index (κ3) is 7.11. The molecule has 1 unspecified atom stereocenters. The number of piperidine rings is 1. The average molecular weight is 548 g/mol. The van der Waals surface area contributed by atoms with Gasteiger partial charge in [0, 0.05) is 19.5 Å². The highest BCUT2D eigenvalue weighted by atomic mass is 16.5. The van der Waals surface area contributed by atoms with Gasteiger partial charge in [-0.3, -0.25) is 14.4 Å². The number of nitrogens with zero attached hydrogens (tertiary/aromatic N) is 1. The van der Waals surface area contributed by atoms with Crippen LogP contribution in [0.2, 0.25) is 0 Å². The molecule has 2 aliphatic rings. The number of hydrogen-bond donors (Lipinski definition) is 2. The van der Waals surface area contributed by atoms with Gasteiger partial charge in [0.2, 0.25) is 11.8 Å². The molecule has 2 aromatic rings. The average Bonchev–Trinajstić information content (AvgIpc) is 3.24. The molecule has 1 spiro atoms. The fraction of sp³-hybridized carbons (Fsp3) is 0.545. The van der Waals surface area contributed by atoms with Crippen molar-refractivity contribution in [2.75, 3.05) is 19.7 Å². The van der Waals surface area contributed by atoms with E-state index in [9.17, 15) is 14.4 Å². The number of amides is 2. The molecular weight excluding hydrogens is 502 g/mol. The number of carbonyl (C=O) groups is 3. The lowest BCUT2D eigenvalue weighted by atomic mass is 9.73. The Morgan fingerprint density at radius 1 is 1.07 bits per heavy atom. The van der Waals surface area contributed by atoms with Gasteiger partial charge in [-0.1, -0.05) is 54.6 Å². The number of likely N-dealkylation sites (tertiary alicyclic amines) is 1. The molecule has 216 valence electrons. The lowest BCUT2D eigenvalue weighted by Crippen LogP contribution is -2.57. The van der Waals surface area contributed by atoms with Crippen LogP contribution >= 0.6 is 0 Å². The van der Waals surface area contributed by atoms with E-state index >= 15 is 0 Å². The predicted molar refractivity (Wildman–Crippen MR) is 157 cm³/mol. The molecule has 3 N–H and O–H groups in total. The monoisotopic (exact) mass is 547 g/mol. The van der Waals surface area contributed by atoms with Crippen LogP contribution in [-0.2, 0) is 31.0 Å². The normalized spacial score (nSPS) is 18.7. The first kappa shape index (κ1) is 29.8. The molecule has 40 heavy (non-hydrogen) atoms. The van der Waals surface area contributed by atoms with Crippen LogP contribution in [0.4, 0.5) is 0 Å². The molecule has 1 saturated heterocycles. The third-order valence-corrected chi connectivity index (χ3v) is 8.63. The van der Waals surface area contributed by atoms with Crippen LogP contribution in [0.25, 0.3) is 0 Å². The second kappa shape index (κ2) is 13.0. The molecule has 1 aliphatic carbocycles. The summed E-state index contributed by atoms with van der Waals surface area (Å²) in [6, 6.07) is 18.2. The van der Waals surface area contributed by atoms with E-state index in [1.807, 2.05) is 30.0 Å². The van der Waals surface area contributed by atoms with Gasteiger partial charge in [-0.05, 0) is 93.7 Å². The zero-order valence-electron chi connectivity index (χ0n) is 24.3. The van der Waals surface area contributed by atoms with E-state index in [0.29, 0.717) is 38.5 Å². The summed E-state index contributed by atoms with van der Waals surface area (Å²) in [5.74, 6) is -0.152. The van der Waals surface area contributed by atoms with Crippen LogP contribution in [0.5, 0.6) is 0 Å². The van der Waals surface area contributed by atoms with Crippen LogP contribution in [0.15, 0.2) is 54.6 Å². The van der Waals surface area contributed by atoms with Gasteiger partial charge < -0.3 is 20.7 Å². The molecule has 1 fully saturated rings. The van der Waals surface area contributed by atoms with Crippen LogP contribution in [0.3, 0.4) is 0 Å². The molecule has 2 aromatic carbocycles. The molecule has 2 atom stereocenters. The molecule has 0 saturated carbocycles. The second-order valence-electron chi connectivity index (χ2n) is 12.1. The Morgan fingerprint density at radius 2 is 1.75 bits per heavy atom. The number of fused-ring (bicyclic) bond motifs is 2. The highest BCUT2D eigenvalue weighted by molar-refractivity contribution is 5.91. The topological polar surface area (TPSA) is 102 Å². The number of nitrogens with one attached hydrogen (secondary N) is 1. The first-order valence-electron chi connectivity index (χ1n) is 14.8. The standard InChI is InChI=1S/C33H45N3O4/c1-4-40-29(37)18-17-25-23-33(27-15-9-8-14-26(25)27)19-21-36(22-20-33)30(38)28(35-31(39)32(2,3)34)16-10-13-24-11-6-5-7-12-24/h5-9,11-12,14-15,25,28H,4,10,13,16-23,34H2,1-3H3,(H,35,39)/t25-,28?/m1/s1. The van der Waals surface area contributed by atoms with Gasteiger partial charge in [0.05, 0.1) is 12.1 Å². The van der Waals surface area contributed by atoms with Crippen molar-refractivity contribution in [2.24, 2.45) is 5.73 Å². The van der Waals surface area contributed by atoms with Gasteiger partial charge in [-0.25, -0.2) is 0 Å². The minimum Gasteiger partial charge on any atom is -0.466 e. The Morgan fingerprint density at radius 3 is 2.42 bits per heavy atom. The number of rotatable bonds is 11. The Balaban J connectivity index is 1.41. The number of aryl methyl sites for hydroxylation is 1. The van der Waals surface area contributed by atoms with Gasteiger partial charge in [-0.15, -0.1) is 0 Å². The number of hydrogen-bond acceptors (Lipinski definition) is 5. The van der Waals surface area contributed by atoms with Gasteiger partial charge in [0.1, 0.15) is 6.04 Å². The Labute approximate surface area is 238 Å². The molecule has 2 amide bonds. The molecule has 7 nitrogen and oxygen atoms in total. The first-order chi connectivity index (χ1) is 19.1. The van der Waals surface area contributed by atoms with Crippen LogP contribution in [0, 0.1) is 0 Å². The molecular formula is C33H45N3O4. The number of benzene rings is 2. The number of ether oxygens (including phenoxy) is 1. The quantitative estimate of drug-likeness (QED) is 0.400. The highest BCUT2D eigenvalue weighted by Crippen LogP contribution is 2.53. The van der Waals surface area contributed by atoms with Gasteiger partial charge in [0.15, 0.2) is 0 Å². The largest absolute Gasteiger partial charge is 0.466 e. The Hall–Kier alpha value is -3.19. The Kier molecular flexibility index (Phi) is 9.67. The van der Waals surface area contributed by atoms with E-state index in [1.54, 1.807) is 13.8 Å². The van der Waals surface area contributed by atoms with Crippen LogP contribution in [-0.4, -0.2) is 54.0 Å². The first-order valence-corrected chi connectivity index (χ1v) is 14.8. The highest BCUT2D eigenvalue weighted by Gasteiger charge is 2.46. The van der Waals surface area contributed by atoms with Crippen LogP contribution in [0.1, 0.15) is 88.3 Å². The summed E-state index contributed by atoms with van der Waals surface area (Å²) in [6.07, 6.45) is 6.15. The maximum Gasteiger partial charge on any atom is 0.305 e. The van der Waals surface area contributed by atoms with E-state index in [-0.39, 0.29) is 23.2 Å². The molecule has 0 bridgehead atoms. The summed E-state index contributed by atoms with van der Waals surface area (Å²) < 4.78 is 5.17. The zero-order valence-corrected chi connectivity index (χ0v) is 24.3. The lowest BCUT2D eigenvalue weighted by Gasteiger charge is -2.41. The zero-order chi connectivity index (χ0) is 28.8. The van der Waals surface area contributed by atoms with E-state index in [0.717, 1.165) is 38.5 Å².